The topological polar surface area (TPSA) is 85.8 Å². The second-order valence-corrected chi connectivity index (χ2v) is 4.61. The molecule has 0 aliphatic carbocycles. The highest BCUT2D eigenvalue weighted by Gasteiger charge is 2.18. The lowest BCUT2D eigenvalue weighted by molar-refractivity contribution is 0.0948. The van der Waals surface area contributed by atoms with E-state index in [4.69, 9.17) is 17.3 Å². The molecule has 2 rings (SSSR count). The van der Waals surface area contributed by atoms with E-state index in [1.54, 1.807) is 16.8 Å². The van der Waals surface area contributed by atoms with Crippen molar-refractivity contribution >= 4 is 17.5 Å². The summed E-state index contributed by atoms with van der Waals surface area (Å²) in [6, 6.07) is 7.24. The fourth-order valence-corrected chi connectivity index (χ4v) is 2.06. The number of carbonyl (C=O) groups excluding carboxylic acids is 1. The molecule has 3 N–H and O–H groups in total. The molecule has 106 valence electrons. The zero-order valence-corrected chi connectivity index (χ0v) is 11.9. The van der Waals surface area contributed by atoms with Crippen molar-refractivity contribution in [3.63, 3.8) is 0 Å². The number of nitrogens with zero attached hydrogens (tertiary/aromatic N) is 3. The second kappa shape index (κ2) is 6.49. The molecule has 0 atom stereocenters. The molecule has 0 saturated heterocycles. The molecule has 0 spiro atoms. The Morgan fingerprint density at radius 2 is 2.30 bits per heavy atom. The van der Waals surface area contributed by atoms with E-state index in [1.807, 2.05) is 19.1 Å². The van der Waals surface area contributed by atoms with Gasteiger partial charge < -0.3 is 11.1 Å². The van der Waals surface area contributed by atoms with Gasteiger partial charge in [0, 0.05) is 18.1 Å². The van der Waals surface area contributed by atoms with Crippen molar-refractivity contribution in [2.45, 2.75) is 13.3 Å². The molecule has 1 aromatic carbocycles. The van der Waals surface area contributed by atoms with Crippen LogP contribution in [-0.2, 0) is 6.42 Å². The van der Waals surface area contributed by atoms with E-state index in [-0.39, 0.29) is 5.91 Å². The van der Waals surface area contributed by atoms with Crippen molar-refractivity contribution in [2.75, 3.05) is 13.1 Å². The molecule has 0 saturated carbocycles. The van der Waals surface area contributed by atoms with Gasteiger partial charge in [0.25, 0.3) is 5.91 Å². The van der Waals surface area contributed by atoms with Crippen LogP contribution in [0.15, 0.2) is 24.3 Å². The maximum absolute atomic E-state index is 12.0. The van der Waals surface area contributed by atoms with E-state index in [2.05, 4.69) is 15.6 Å². The molecule has 0 aliphatic rings. The van der Waals surface area contributed by atoms with Gasteiger partial charge in [-0.15, -0.1) is 5.10 Å². The van der Waals surface area contributed by atoms with Gasteiger partial charge in [0.1, 0.15) is 0 Å². The fourth-order valence-electron chi connectivity index (χ4n) is 1.88. The van der Waals surface area contributed by atoms with Crippen LogP contribution >= 0.6 is 11.6 Å². The summed E-state index contributed by atoms with van der Waals surface area (Å²) in [5.41, 5.74) is 7.20. The number of carbonyl (C=O) groups is 1. The lowest BCUT2D eigenvalue weighted by Crippen LogP contribution is -2.30. The monoisotopic (exact) mass is 293 g/mol. The van der Waals surface area contributed by atoms with Crippen LogP contribution in [0.25, 0.3) is 5.69 Å². The Kier molecular flexibility index (Phi) is 4.70. The van der Waals surface area contributed by atoms with Gasteiger partial charge in [0.15, 0.2) is 5.69 Å². The lowest BCUT2D eigenvalue weighted by atomic mass is 10.2. The number of hydrogen-bond acceptors (Lipinski definition) is 4. The van der Waals surface area contributed by atoms with Gasteiger partial charge in [-0.25, -0.2) is 4.68 Å². The average molecular weight is 294 g/mol. The van der Waals surface area contributed by atoms with Crippen LogP contribution in [0, 0.1) is 0 Å². The summed E-state index contributed by atoms with van der Waals surface area (Å²) in [6.07, 6.45) is 0.630. The molecule has 20 heavy (non-hydrogen) atoms. The number of benzene rings is 1. The maximum atomic E-state index is 12.0. The highest BCUT2D eigenvalue weighted by Crippen LogP contribution is 2.17. The highest BCUT2D eigenvalue weighted by atomic mass is 35.5. The molecule has 7 heteroatoms. The third kappa shape index (κ3) is 2.97. The Hall–Kier alpha value is -1.92. The number of halogens is 1. The van der Waals surface area contributed by atoms with Crippen molar-refractivity contribution in [3.8, 4) is 5.69 Å². The Bertz CT molecular complexity index is 611. The van der Waals surface area contributed by atoms with Crippen LogP contribution in [0.1, 0.15) is 23.1 Å². The number of aromatic nitrogens is 3. The first-order valence-electron chi connectivity index (χ1n) is 6.36. The van der Waals surface area contributed by atoms with Gasteiger partial charge in [-0.05, 0) is 24.6 Å². The molecular formula is C13H16ClN5O. The first-order chi connectivity index (χ1) is 9.67. The standard InChI is InChI=1S/C13H16ClN5O/c1-2-11-12(13(20)16-7-6-15)17-18-19(11)10-5-3-4-9(14)8-10/h3-5,8H,2,6-7,15H2,1H3,(H,16,20). The quantitative estimate of drug-likeness (QED) is 0.866. The van der Waals surface area contributed by atoms with Crippen LogP contribution < -0.4 is 11.1 Å². The molecule has 1 heterocycles. The number of nitrogens with two attached hydrogens (primary N) is 1. The molecule has 1 aromatic heterocycles. The summed E-state index contributed by atoms with van der Waals surface area (Å²) in [6.45, 7) is 2.74. The predicted octanol–water partition coefficient (Wildman–Crippen LogP) is 1.17. The smallest absolute Gasteiger partial charge is 0.273 e. The highest BCUT2D eigenvalue weighted by molar-refractivity contribution is 6.30. The van der Waals surface area contributed by atoms with Crippen LogP contribution in [0.5, 0.6) is 0 Å². The molecule has 0 radical (unpaired) electrons. The first-order valence-corrected chi connectivity index (χ1v) is 6.74. The van der Waals surface area contributed by atoms with Gasteiger partial charge >= 0.3 is 0 Å². The minimum atomic E-state index is -0.263. The molecular weight excluding hydrogens is 278 g/mol. The van der Waals surface area contributed by atoms with Gasteiger partial charge in [-0.2, -0.15) is 0 Å². The summed E-state index contributed by atoms with van der Waals surface area (Å²) >= 11 is 5.97. The predicted molar refractivity (Wildman–Crippen MR) is 77.1 cm³/mol. The van der Waals surface area contributed by atoms with Crippen molar-refractivity contribution in [1.29, 1.82) is 0 Å². The number of amides is 1. The summed E-state index contributed by atoms with van der Waals surface area (Å²) < 4.78 is 1.63. The Labute approximate surface area is 121 Å². The van der Waals surface area contributed by atoms with E-state index in [0.29, 0.717) is 30.2 Å². The number of hydrogen-bond donors (Lipinski definition) is 2. The molecule has 0 aliphatic heterocycles. The van der Waals surface area contributed by atoms with E-state index < -0.39 is 0 Å². The number of rotatable bonds is 5. The maximum Gasteiger partial charge on any atom is 0.273 e. The van der Waals surface area contributed by atoms with Crippen molar-refractivity contribution in [3.05, 3.63) is 40.7 Å². The minimum Gasteiger partial charge on any atom is -0.349 e. The lowest BCUT2D eigenvalue weighted by Gasteiger charge is -2.06. The Balaban J connectivity index is 2.37. The zero-order chi connectivity index (χ0) is 14.5. The van der Waals surface area contributed by atoms with Crippen LogP contribution in [-0.4, -0.2) is 34.0 Å². The summed E-state index contributed by atoms with van der Waals surface area (Å²) in [5.74, 6) is -0.263. The Morgan fingerprint density at radius 3 is 2.95 bits per heavy atom. The van der Waals surface area contributed by atoms with Crippen molar-refractivity contribution < 1.29 is 4.79 Å². The van der Waals surface area contributed by atoms with E-state index in [0.717, 1.165) is 11.4 Å². The summed E-state index contributed by atoms with van der Waals surface area (Å²) in [4.78, 5) is 12.0. The van der Waals surface area contributed by atoms with Crippen LogP contribution in [0.3, 0.4) is 0 Å². The number of nitrogens with one attached hydrogen (secondary N) is 1. The van der Waals surface area contributed by atoms with Crippen LogP contribution in [0.2, 0.25) is 5.02 Å². The van der Waals surface area contributed by atoms with E-state index >= 15 is 0 Å². The molecule has 0 unspecified atom stereocenters. The van der Waals surface area contributed by atoms with Crippen molar-refractivity contribution in [2.24, 2.45) is 5.73 Å². The van der Waals surface area contributed by atoms with Gasteiger partial charge in [-0.3, -0.25) is 4.79 Å². The van der Waals surface area contributed by atoms with E-state index in [1.165, 1.54) is 0 Å². The van der Waals surface area contributed by atoms with Crippen LogP contribution in [0.4, 0.5) is 0 Å². The fraction of sp³-hybridized carbons (Fsp3) is 0.308. The molecule has 0 bridgehead atoms. The third-order valence-corrected chi connectivity index (χ3v) is 3.03. The zero-order valence-electron chi connectivity index (χ0n) is 11.1. The minimum absolute atomic E-state index is 0.263. The van der Waals surface area contributed by atoms with Gasteiger partial charge in [0.2, 0.25) is 0 Å². The average Bonchev–Trinajstić information content (AvgIpc) is 2.88. The Morgan fingerprint density at radius 1 is 1.50 bits per heavy atom. The van der Waals surface area contributed by atoms with Gasteiger partial charge in [-0.1, -0.05) is 29.8 Å². The first kappa shape index (κ1) is 14.5. The molecule has 0 fully saturated rings. The third-order valence-electron chi connectivity index (χ3n) is 2.80. The SMILES string of the molecule is CCc1c(C(=O)NCCN)nnn1-c1cccc(Cl)c1. The summed E-state index contributed by atoms with van der Waals surface area (Å²) in [5, 5.41) is 11.3. The van der Waals surface area contributed by atoms with Gasteiger partial charge in [0.05, 0.1) is 11.4 Å². The molecule has 2 aromatic rings. The normalized spacial score (nSPS) is 10.6. The molecule has 6 nitrogen and oxygen atoms in total. The summed E-state index contributed by atoms with van der Waals surface area (Å²) in [7, 11) is 0. The van der Waals surface area contributed by atoms with Crippen molar-refractivity contribution in [1.82, 2.24) is 20.3 Å². The second-order valence-electron chi connectivity index (χ2n) is 4.17. The molecule has 1 amide bonds. The largest absolute Gasteiger partial charge is 0.349 e. The van der Waals surface area contributed by atoms with E-state index in [9.17, 15) is 4.79 Å².